The number of esters is 4. The first-order valence-corrected chi connectivity index (χ1v) is 13.1. The molecule has 1 aromatic rings. The van der Waals surface area contributed by atoms with Crippen LogP contribution in [0.1, 0.15) is 37.6 Å². The van der Waals surface area contributed by atoms with Crippen molar-refractivity contribution < 1.29 is 47.7 Å². The van der Waals surface area contributed by atoms with Gasteiger partial charge in [0.15, 0.2) is 12.2 Å². The number of halogens is 1. The Morgan fingerprint density at radius 3 is 2.21 bits per heavy atom. The minimum Gasteiger partial charge on any atom is -0.466 e. The zero-order chi connectivity index (χ0) is 28.6. The Morgan fingerprint density at radius 2 is 1.71 bits per heavy atom. The zero-order valence-corrected chi connectivity index (χ0v) is 23.1. The standard InChI is InChI=1S/C24H31ClN2O10S/c1-12(28)34-17-10-24(38-5,23(32)33-4)37-21(19(17)26)20(36-14(3)30)18(35-13(2)29)11-27-22(31)15-6-8-16(25)9-7-15/h6-9,17-21H,10-11,26H2,1-5H3,(H,27,31)/t17-,18+,19+,20+,21+,24-/m0/s1. The number of rotatable bonds is 10. The summed E-state index contributed by atoms with van der Waals surface area (Å²) >= 11 is 6.84. The fraction of sp³-hybridized carbons (Fsp3) is 0.542. The van der Waals surface area contributed by atoms with Gasteiger partial charge in [0.25, 0.3) is 5.91 Å². The van der Waals surface area contributed by atoms with Crippen LogP contribution in [0.15, 0.2) is 24.3 Å². The molecule has 14 heteroatoms. The first kappa shape index (κ1) is 31.3. The molecule has 6 atom stereocenters. The molecule has 1 saturated heterocycles. The first-order chi connectivity index (χ1) is 17.8. The van der Waals surface area contributed by atoms with Gasteiger partial charge in [-0.2, -0.15) is 0 Å². The highest BCUT2D eigenvalue weighted by Crippen LogP contribution is 2.41. The third-order valence-corrected chi connectivity index (χ3v) is 6.97. The molecular weight excluding hydrogens is 544 g/mol. The minimum absolute atomic E-state index is 0.156. The number of nitrogens with two attached hydrogens (primary N) is 1. The summed E-state index contributed by atoms with van der Waals surface area (Å²) in [6.45, 7) is 3.09. The molecule has 3 N–H and O–H groups in total. The van der Waals surface area contributed by atoms with Crippen molar-refractivity contribution in [3.05, 3.63) is 34.9 Å². The fourth-order valence-electron chi connectivity index (χ4n) is 3.96. The molecule has 0 unspecified atom stereocenters. The van der Waals surface area contributed by atoms with Crippen LogP contribution in [0, 0.1) is 0 Å². The lowest BCUT2D eigenvalue weighted by Gasteiger charge is -2.47. The van der Waals surface area contributed by atoms with Crippen LogP contribution in [0.4, 0.5) is 0 Å². The number of benzene rings is 1. The van der Waals surface area contributed by atoms with Crippen LogP contribution in [-0.2, 0) is 42.9 Å². The Kier molecular flexibility index (Phi) is 11.4. The van der Waals surface area contributed by atoms with E-state index in [4.69, 9.17) is 41.0 Å². The maximum atomic E-state index is 12.8. The van der Waals surface area contributed by atoms with Crippen LogP contribution in [0.3, 0.4) is 0 Å². The number of hydrogen-bond donors (Lipinski definition) is 2. The molecule has 210 valence electrons. The molecule has 0 radical (unpaired) electrons. The van der Waals surface area contributed by atoms with Gasteiger partial charge in [0, 0.05) is 37.8 Å². The van der Waals surface area contributed by atoms with Gasteiger partial charge in [-0.05, 0) is 30.5 Å². The van der Waals surface area contributed by atoms with Gasteiger partial charge in [-0.15, -0.1) is 11.8 Å². The van der Waals surface area contributed by atoms with E-state index in [0.29, 0.717) is 5.02 Å². The Balaban J connectivity index is 2.47. The molecule has 1 aromatic carbocycles. The average molecular weight is 575 g/mol. The van der Waals surface area contributed by atoms with Crippen LogP contribution >= 0.6 is 23.4 Å². The second-order valence-electron chi connectivity index (χ2n) is 8.40. The minimum atomic E-state index is -1.69. The number of carbonyl (C=O) groups is 5. The highest BCUT2D eigenvalue weighted by atomic mass is 35.5. The van der Waals surface area contributed by atoms with Gasteiger partial charge in [0.05, 0.1) is 19.7 Å². The maximum Gasteiger partial charge on any atom is 0.348 e. The number of amides is 1. The summed E-state index contributed by atoms with van der Waals surface area (Å²) in [5, 5.41) is 3.05. The molecule has 12 nitrogen and oxygen atoms in total. The lowest BCUT2D eigenvalue weighted by Crippen LogP contribution is -2.66. The van der Waals surface area contributed by atoms with E-state index in [-0.39, 0.29) is 18.5 Å². The average Bonchev–Trinajstić information content (AvgIpc) is 2.85. The van der Waals surface area contributed by atoms with E-state index in [2.05, 4.69) is 5.32 Å². The van der Waals surface area contributed by atoms with Gasteiger partial charge in [-0.25, -0.2) is 4.79 Å². The molecule has 0 aromatic heterocycles. The van der Waals surface area contributed by atoms with Crippen LogP contribution in [-0.4, -0.2) is 85.1 Å². The van der Waals surface area contributed by atoms with Crippen LogP contribution in [0.2, 0.25) is 5.02 Å². The van der Waals surface area contributed by atoms with E-state index in [1.807, 2.05) is 0 Å². The summed E-state index contributed by atoms with van der Waals surface area (Å²) in [5.41, 5.74) is 6.67. The first-order valence-electron chi connectivity index (χ1n) is 11.5. The molecule has 2 rings (SSSR count). The number of thioether (sulfide) groups is 1. The lowest BCUT2D eigenvalue weighted by atomic mass is 9.89. The molecule has 1 fully saturated rings. The van der Waals surface area contributed by atoms with Crippen molar-refractivity contribution in [3.63, 3.8) is 0 Å². The van der Waals surface area contributed by atoms with Crippen LogP contribution in [0.5, 0.6) is 0 Å². The van der Waals surface area contributed by atoms with Crippen molar-refractivity contribution in [2.75, 3.05) is 19.9 Å². The lowest BCUT2D eigenvalue weighted by molar-refractivity contribution is -0.217. The van der Waals surface area contributed by atoms with E-state index < -0.39 is 65.2 Å². The monoisotopic (exact) mass is 574 g/mol. The number of hydrogen-bond acceptors (Lipinski definition) is 12. The summed E-state index contributed by atoms with van der Waals surface area (Å²) in [5.74, 6) is -3.52. The number of nitrogens with one attached hydrogen (secondary N) is 1. The molecule has 1 amide bonds. The normalized spacial score (nSPS) is 24.3. The smallest absolute Gasteiger partial charge is 0.348 e. The van der Waals surface area contributed by atoms with Crippen molar-refractivity contribution in [3.8, 4) is 0 Å². The molecular formula is C24H31ClN2O10S. The van der Waals surface area contributed by atoms with Gasteiger partial charge in [0.2, 0.25) is 4.93 Å². The number of methoxy groups -OCH3 is 1. The van der Waals surface area contributed by atoms with Crippen LogP contribution in [0.25, 0.3) is 0 Å². The molecule has 1 heterocycles. The number of ether oxygens (including phenoxy) is 5. The summed E-state index contributed by atoms with van der Waals surface area (Å²) in [7, 11) is 1.16. The molecule has 1 aliphatic rings. The Morgan fingerprint density at radius 1 is 1.11 bits per heavy atom. The highest BCUT2D eigenvalue weighted by molar-refractivity contribution is 8.00. The van der Waals surface area contributed by atoms with Crippen LogP contribution < -0.4 is 11.1 Å². The predicted octanol–water partition coefficient (Wildman–Crippen LogP) is 1.21. The van der Waals surface area contributed by atoms with E-state index in [1.165, 1.54) is 31.2 Å². The van der Waals surface area contributed by atoms with Gasteiger partial charge < -0.3 is 34.7 Å². The van der Waals surface area contributed by atoms with Gasteiger partial charge in [-0.1, -0.05) is 11.6 Å². The third kappa shape index (κ3) is 8.06. The molecule has 38 heavy (non-hydrogen) atoms. The second kappa shape index (κ2) is 13.8. The highest BCUT2D eigenvalue weighted by Gasteiger charge is 2.56. The van der Waals surface area contributed by atoms with E-state index in [0.717, 1.165) is 32.7 Å². The summed E-state index contributed by atoms with van der Waals surface area (Å²) in [6, 6.07) is 4.92. The Bertz CT molecular complexity index is 1040. The Labute approximate surface area is 229 Å². The molecule has 0 bridgehead atoms. The van der Waals surface area contributed by atoms with E-state index in [1.54, 1.807) is 6.26 Å². The molecule has 0 aliphatic carbocycles. The Hall–Kier alpha value is -2.87. The molecule has 0 spiro atoms. The summed E-state index contributed by atoms with van der Waals surface area (Å²) < 4.78 is 27.3. The maximum absolute atomic E-state index is 12.8. The topological polar surface area (TPSA) is 170 Å². The molecule has 1 aliphatic heterocycles. The van der Waals surface area contributed by atoms with Gasteiger partial charge in [0.1, 0.15) is 12.2 Å². The van der Waals surface area contributed by atoms with Crippen molar-refractivity contribution >= 4 is 53.1 Å². The van der Waals surface area contributed by atoms with Gasteiger partial charge in [-0.3, -0.25) is 19.2 Å². The predicted molar refractivity (Wildman–Crippen MR) is 136 cm³/mol. The van der Waals surface area contributed by atoms with Gasteiger partial charge >= 0.3 is 23.9 Å². The van der Waals surface area contributed by atoms with Crippen molar-refractivity contribution in [1.29, 1.82) is 0 Å². The SMILES string of the molecule is COC(=O)[C@@]1(SC)C[C@H](OC(C)=O)[C@@H](N)[C@H]([C@H](OC(C)=O)[C@@H](CNC(=O)c2ccc(Cl)cc2)OC(C)=O)O1. The van der Waals surface area contributed by atoms with Crippen molar-refractivity contribution in [2.24, 2.45) is 5.73 Å². The van der Waals surface area contributed by atoms with Crippen molar-refractivity contribution in [1.82, 2.24) is 5.32 Å². The quantitative estimate of drug-likeness (QED) is 0.303. The summed E-state index contributed by atoms with van der Waals surface area (Å²) in [4.78, 5) is 59.7. The number of carbonyl (C=O) groups excluding carboxylic acids is 5. The largest absolute Gasteiger partial charge is 0.466 e. The van der Waals surface area contributed by atoms with E-state index >= 15 is 0 Å². The summed E-state index contributed by atoms with van der Waals surface area (Å²) in [6.07, 6.45) is -3.70. The molecule has 0 saturated carbocycles. The zero-order valence-electron chi connectivity index (χ0n) is 21.6. The van der Waals surface area contributed by atoms with Crippen molar-refractivity contribution in [2.45, 2.75) is 62.6 Å². The fourth-order valence-corrected chi connectivity index (χ4v) is 4.88. The van der Waals surface area contributed by atoms with E-state index in [9.17, 15) is 24.0 Å². The second-order valence-corrected chi connectivity index (χ2v) is 9.90. The third-order valence-electron chi connectivity index (χ3n) is 5.63.